The van der Waals surface area contributed by atoms with Gasteiger partial charge in [0, 0.05) is 14.2 Å². The van der Waals surface area contributed by atoms with E-state index in [9.17, 15) is 10.2 Å². The molecule has 0 saturated heterocycles. The van der Waals surface area contributed by atoms with E-state index < -0.39 is 18.3 Å². The van der Waals surface area contributed by atoms with E-state index >= 15 is 0 Å². The Bertz CT molecular complexity index is 131. The van der Waals surface area contributed by atoms with Crippen LogP contribution >= 0.6 is 0 Å². The van der Waals surface area contributed by atoms with Crippen LogP contribution < -0.4 is 0 Å². The molecule has 0 bridgehead atoms. The fraction of sp³-hybridized carbons (Fsp3) is 1.00. The Morgan fingerprint density at radius 2 is 1.29 bits per heavy atom. The first-order valence-corrected chi connectivity index (χ1v) is 4.87. The summed E-state index contributed by atoms with van der Waals surface area (Å²) >= 11 is 0. The lowest BCUT2D eigenvalue weighted by molar-refractivity contribution is -0.135. The second kappa shape index (κ2) is 6.35. The maximum absolute atomic E-state index is 9.90. The summed E-state index contributed by atoms with van der Waals surface area (Å²) < 4.78 is 10.2. The molecule has 4 unspecified atom stereocenters. The van der Waals surface area contributed by atoms with Crippen LogP contribution in [0.15, 0.2) is 0 Å². The van der Waals surface area contributed by atoms with Gasteiger partial charge in [0.1, 0.15) is 12.2 Å². The molecule has 0 radical (unpaired) electrons. The van der Waals surface area contributed by atoms with Crippen LogP contribution in [0.4, 0.5) is 0 Å². The van der Waals surface area contributed by atoms with E-state index in [1.165, 1.54) is 7.11 Å². The average molecular weight is 206 g/mol. The van der Waals surface area contributed by atoms with E-state index in [0.717, 1.165) is 0 Å². The highest BCUT2D eigenvalue weighted by Crippen LogP contribution is 2.16. The third kappa shape index (κ3) is 3.53. The van der Waals surface area contributed by atoms with Gasteiger partial charge in [-0.15, -0.1) is 0 Å². The molecule has 0 aliphatic rings. The maximum Gasteiger partial charge on any atom is 0.111 e. The molecule has 0 aromatic carbocycles. The number of hydrogen-bond donors (Lipinski definition) is 2. The van der Waals surface area contributed by atoms with Gasteiger partial charge in [0.25, 0.3) is 0 Å². The zero-order valence-corrected chi connectivity index (χ0v) is 9.60. The molecular formula is C10H22O4. The smallest absolute Gasteiger partial charge is 0.111 e. The number of ether oxygens (including phenoxy) is 2. The van der Waals surface area contributed by atoms with E-state index in [2.05, 4.69) is 0 Å². The van der Waals surface area contributed by atoms with Crippen LogP contribution in [0.1, 0.15) is 20.8 Å². The molecule has 0 amide bonds. The molecule has 2 N–H and O–H groups in total. The highest BCUT2D eigenvalue weighted by atomic mass is 16.5. The van der Waals surface area contributed by atoms with Crippen molar-refractivity contribution in [2.24, 2.45) is 5.92 Å². The topological polar surface area (TPSA) is 58.9 Å². The van der Waals surface area contributed by atoms with E-state index in [1.807, 2.05) is 13.8 Å². The molecule has 0 saturated carbocycles. The lowest BCUT2D eigenvalue weighted by Gasteiger charge is -2.31. The molecule has 0 spiro atoms. The molecule has 4 nitrogen and oxygen atoms in total. The molecule has 4 heteroatoms. The summed E-state index contributed by atoms with van der Waals surface area (Å²) in [6.07, 6.45) is -2.46. The first kappa shape index (κ1) is 13.8. The van der Waals surface area contributed by atoms with Crippen molar-refractivity contribution in [2.45, 2.75) is 45.2 Å². The Morgan fingerprint density at radius 1 is 0.857 bits per heavy atom. The summed E-state index contributed by atoms with van der Waals surface area (Å²) in [6.45, 7) is 5.49. The number of aliphatic hydroxyl groups excluding tert-OH is 2. The Kier molecular flexibility index (Phi) is 6.27. The van der Waals surface area contributed by atoms with Crippen molar-refractivity contribution in [1.29, 1.82) is 0 Å². The summed E-state index contributed by atoms with van der Waals surface area (Å²) in [6, 6.07) is 0. The highest BCUT2D eigenvalue weighted by Gasteiger charge is 2.32. The predicted octanol–water partition coefficient (Wildman–Crippen LogP) is 0.414. The van der Waals surface area contributed by atoms with Crippen molar-refractivity contribution < 1.29 is 19.7 Å². The second-order valence-corrected chi connectivity index (χ2v) is 3.88. The molecular weight excluding hydrogens is 184 g/mol. The summed E-state index contributed by atoms with van der Waals surface area (Å²) in [4.78, 5) is 0. The number of rotatable bonds is 6. The number of methoxy groups -OCH3 is 2. The van der Waals surface area contributed by atoms with E-state index in [-0.39, 0.29) is 12.0 Å². The average Bonchev–Trinajstić information content (AvgIpc) is 2.04. The van der Waals surface area contributed by atoms with Crippen molar-refractivity contribution in [3.05, 3.63) is 0 Å². The van der Waals surface area contributed by atoms with Crippen LogP contribution in [0.3, 0.4) is 0 Å². The van der Waals surface area contributed by atoms with Crippen LogP contribution in [-0.2, 0) is 9.47 Å². The van der Waals surface area contributed by atoms with Gasteiger partial charge < -0.3 is 19.7 Å². The number of aliphatic hydroxyl groups is 2. The molecule has 0 aliphatic heterocycles. The van der Waals surface area contributed by atoms with Crippen LogP contribution in [0.25, 0.3) is 0 Å². The molecule has 4 atom stereocenters. The van der Waals surface area contributed by atoms with E-state index in [4.69, 9.17) is 9.47 Å². The minimum atomic E-state index is -0.815. The molecule has 0 rings (SSSR count). The Balaban J connectivity index is 4.44. The van der Waals surface area contributed by atoms with Gasteiger partial charge in [-0.25, -0.2) is 0 Å². The Labute approximate surface area is 85.8 Å². The monoisotopic (exact) mass is 206 g/mol. The first-order chi connectivity index (χ1) is 6.45. The van der Waals surface area contributed by atoms with Crippen molar-refractivity contribution in [3.63, 3.8) is 0 Å². The fourth-order valence-corrected chi connectivity index (χ4v) is 1.61. The van der Waals surface area contributed by atoms with Crippen LogP contribution in [0, 0.1) is 5.92 Å². The zero-order chi connectivity index (χ0) is 11.3. The van der Waals surface area contributed by atoms with E-state index in [1.54, 1.807) is 14.0 Å². The predicted molar refractivity (Wildman–Crippen MR) is 54.1 cm³/mol. The van der Waals surface area contributed by atoms with Gasteiger partial charge in [0.05, 0.1) is 12.2 Å². The van der Waals surface area contributed by atoms with Gasteiger partial charge >= 0.3 is 0 Å². The number of hydrogen-bond acceptors (Lipinski definition) is 4. The Morgan fingerprint density at radius 3 is 1.50 bits per heavy atom. The summed E-state index contributed by atoms with van der Waals surface area (Å²) in [5.74, 6) is 0.173. The maximum atomic E-state index is 9.90. The molecule has 86 valence electrons. The summed E-state index contributed by atoms with van der Waals surface area (Å²) in [5, 5.41) is 19.3. The Hall–Kier alpha value is -0.160. The van der Waals surface area contributed by atoms with Crippen LogP contribution in [0.2, 0.25) is 0 Å². The highest BCUT2D eigenvalue weighted by molar-refractivity contribution is 4.82. The zero-order valence-electron chi connectivity index (χ0n) is 9.60. The van der Waals surface area contributed by atoms with Crippen molar-refractivity contribution in [2.75, 3.05) is 14.2 Å². The third-order valence-corrected chi connectivity index (χ3v) is 2.35. The van der Waals surface area contributed by atoms with Gasteiger partial charge in [0.2, 0.25) is 0 Å². The van der Waals surface area contributed by atoms with Gasteiger partial charge in [0.15, 0.2) is 0 Å². The van der Waals surface area contributed by atoms with Gasteiger partial charge in [-0.05, 0) is 12.8 Å². The molecule has 0 aromatic heterocycles. The van der Waals surface area contributed by atoms with Crippen molar-refractivity contribution in [1.82, 2.24) is 0 Å². The lowest BCUT2D eigenvalue weighted by Crippen LogP contribution is -2.47. The van der Waals surface area contributed by atoms with Gasteiger partial charge in [-0.2, -0.15) is 0 Å². The standard InChI is InChI=1S/C10H22O4/c1-6(2)9(13-4)8(12)10(14-5)7(3)11/h6-12H,1-5H3. The van der Waals surface area contributed by atoms with E-state index in [0.29, 0.717) is 0 Å². The normalized spacial score (nSPS) is 20.6. The second-order valence-electron chi connectivity index (χ2n) is 3.88. The molecule has 0 aliphatic carbocycles. The molecule has 0 aromatic rings. The first-order valence-electron chi connectivity index (χ1n) is 4.87. The minimum Gasteiger partial charge on any atom is -0.391 e. The SMILES string of the molecule is COC(C(C)C)C(O)C(OC)C(C)O. The lowest BCUT2D eigenvalue weighted by atomic mass is 9.95. The molecule has 14 heavy (non-hydrogen) atoms. The van der Waals surface area contributed by atoms with Crippen molar-refractivity contribution >= 4 is 0 Å². The largest absolute Gasteiger partial charge is 0.391 e. The summed E-state index contributed by atoms with van der Waals surface area (Å²) in [5.41, 5.74) is 0. The van der Waals surface area contributed by atoms with Gasteiger partial charge in [-0.3, -0.25) is 0 Å². The van der Waals surface area contributed by atoms with Crippen LogP contribution in [0.5, 0.6) is 0 Å². The summed E-state index contributed by atoms with van der Waals surface area (Å²) in [7, 11) is 3.01. The quantitative estimate of drug-likeness (QED) is 0.661. The minimum absolute atomic E-state index is 0.173. The van der Waals surface area contributed by atoms with Gasteiger partial charge in [-0.1, -0.05) is 13.8 Å². The molecule has 0 heterocycles. The fourth-order valence-electron chi connectivity index (χ4n) is 1.61. The molecule has 0 fully saturated rings. The van der Waals surface area contributed by atoms with Crippen molar-refractivity contribution in [3.8, 4) is 0 Å². The third-order valence-electron chi connectivity index (χ3n) is 2.35. The van der Waals surface area contributed by atoms with Crippen LogP contribution in [-0.4, -0.2) is 48.8 Å².